The first-order chi connectivity index (χ1) is 8.72. The number of hydrogen-bond donors (Lipinski definition) is 2. The smallest absolute Gasteiger partial charge is 0.393 e. The second-order valence-corrected chi connectivity index (χ2v) is 5.10. The Morgan fingerprint density at radius 3 is 2.53 bits per heavy atom. The Morgan fingerprint density at radius 2 is 2.00 bits per heavy atom. The van der Waals surface area contributed by atoms with Crippen molar-refractivity contribution in [2.75, 3.05) is 0 Å². The van der Waals surface area contributed by atoms with E-state index in [4.69, 9.17) is 5.73 Å². The molecular formula is C13H15F4NO. The highest BCUT2D eigenvalue weighted by molar-refractivity contribution is 5.31. The Hall–Kier alpha value is -1.14. The van der Waals surface area contributed by atoms with Gasteiger partial charge in [0.2, 0.25) is 0 Å². The maximum atomic E-state index is 13.5. The number of benzene rings is 1. The summed E-state index contributed by atoms with van der Waals surface area (Å²) in [6.07, 6.45) is -3.27. The third-order valence-corrected chi connectivity index (χ3v) is 3.61. The number of aliphatic hydroxyl groups is 1. The molecule has 2 rings (SSSR count). The molecule has 0 bridgehead atoms. The first-order valence-electron chi connectivity index (χ1n) is 6.06. The Bertz CT molecular complexity index is 474. The third kappa shape index (κ3) is 2.90. The quantitative estimate of drug-likeness (QED) is 0.775. The molecule has 1 aliphatic rings. The van der Waals surface area contributed by atoms with Gasteiger partial charge in [-0.2, -0.15) is 13.2 Å². The van der Waals surface area contributed by atoms with Crippen LogP contribution in [-0.4, -0.2) is 11.2 Å². The van der Waals surface area contributed by atoms with Crippen LogP contribution in [0.25, 0.3) is 0 Å². The van der Waals surface area contributed by atoms with E-state index in [1.165, 1.54) is 6.07 Å². The van der Waals surface area contributed by atoms with Gasteiger partial charge >= 0.3 is 6.18 Å². The van der Waals surface area contributed by atoms with Crippen molar-refractivity contribution >= 4 is 0 Å². The molecule has 0 radical (unpaired) electrons. The fourth-order valence-corrected chi connectivity index (χ4v) is 2.59. The monoisotopic (exact) mass is 277 g/mol. The van der Waals surface area contributed by atoms with E-state index in [2.05, 4.69) is 0 Å². The van der Waals surface area contributed by atoms with E-state index in [9.17, 15) is 22.7 Å². The molecule has 106 valence electrons. The molecule has 3 N–H and O–H groups in total. The number of halogens is 4. The SMILES string of the molecule is NC1(c2ccc(C(F)(F)F)c(F)c2)CCCC(O)C1. The van der Waals surface area contributed by atoms with Crippen LogP contribution < -0.4 is 5.73 Å². The van der Waals surface area contributed by atoms with Gasteiger partial charge in [-0.05, 0) is 43.4 Å². The standard InChI is InChI=1S/C13H15F4NO/c14-11-6-8(3-4-10(11)13(15,16)17)12(18)5-1-2-9(19)7-12/h3-4,6,9,19H,1-2,5,7,18H2. The fraction of sp³-hybridized carbons (Fsp3) is 0.538. The van der Waals surface area contributed by atoms with E-state index < -0.39 is 29.2 Å². The van der Waals surface area contributed by atoms with Crippen LogP contribution in [0.2, 0.25) is 0 Å². The van der Waals surface area contributed by atoms with Gasteiger partial charge in [0.1, 0.15) is 5.82 Å². The molecule has 1 aromatic carbocycles. The molecule has 0 aromatic heterocycles. The van der Waals surface area contributed by atoms with E-state index in [0.717, 1.165) is 6.07 Å². The van der Waals surface area contributed by atoms with Crippen LogP contribution in [-0.2, 0) is 11.7 Å². The van der Waals surface area contributed by atoms with Crippen LogP contribution in [0.3, 0.4) is 0 Å². The lowest BCUT2D eigenvalue weighted by atomic mass is 9.76. The van der Waals surface area contributed by atoms with Crippen molar-refractivity contribution in [3.63, 3.8) is 0 Å². The summed E-state index contributed by atoms with van der Waals surface area (Å²) < 4.78 is 50.9. The van der Waals surface area contributed by atoms with Crippen molar-refractivity contribution in [2.24, 2.45) is 5.73 Å². The predicted molar refractivity (Wildman–Crippen MR) is 61.7 cm³/mol. The van der Waals surface area contributed by atoms with Gasteiger partial charge in [0.15, 0.2) is 0 Å². The first-order valence-corrected chi connectivity index (χ1v) is 6.06. The maximum Gasteiger partial charge on any atom is 0.419 e. The van der Waals surface area contributed by atoms with Gasteiger partial charge in [-0.1, -0.05) is 6.07 Å². The van der Waals surface area contributed by atoms with Gasteiger partial charge in [0, 0.05) is 5.54 Å². The molecule has 1 aliphatic carbocycles. The second-order valence-electron chi connectivity index (χ2n) is 5.10. The summed E-state index contributed by atoms with van der Waals surface area (Å²) >= 11 is 0. The summed E-state index contributed by atoms with van der Waals surface area (Å²) in [5.74, 6) is -1.32. The Morgan fingerprint density at radius 1 is 1.32 bits per heavy atom. The van der Waals surface area contributed by atoms with Crippen molar-refractivity contribution in [2.45, 2.75) is 43.5 Å². The van der Waals surface area contributed by atoms with Crippen molar-refractivity contribution in [3.05, 3.63) is 35.1 Å². The third-order valence-electron chi connectivity index (χ3n) is 3.61. The summed E-state index contributed by atoms with van der Waals surface area (Å²) in [4.78, 5) is 0. The van der Waals surface area contributed by atoms with Crippen LogP contribution in [0.4, 0.5) is 17.6 Å². The molecule has 1 saturated carbocycles. The van der Waals surface area contributed by atoms with E-state index in [1.807, 2.05) is 0 Å². The second kappa shape index (κ2) is 4.76. The molecule has 0 amide bonds. The number of aliphatic hydroxyl groups excluding tert-OH is 1. The minimum Gasteiger partial charge on any atom is -0.393 e. The van der Waals surface area contributed by atoms with Gasteiger partial charge in [0.25, 0.3) is 0 Å². The van der Waals surface area contributed by atoms with E-state index in [0.29, 0.717) is 30.9 Å². The number of nitrogens with two attached hydrogens (primary N) is 1. The molecule has 0 aliphatic heterocycles. The summed E-state index contributed by atoms with van der Waals surface area (Å²) in [5.41, 5.74) is 4.14. The number of alkyl halides is 3. The van der Waals surface area contributed by atoms with Gasteiger partial charge in [-0.25, -0.2) is 4.39 Å². The molecule has 0 saturated heterocycles. The topological polar surface area (TPSA) is 46.2 Å². The highest BCUT2D eigenvalue weighted by atomic mass is 19.4. The minimum absolute atomic E-state index is 0.234. The predicted octanol–water partition coefficient (Wildman–Crippen LogP) is 2.93. The normalized spacial score (nSPS) is 28.4. The Kier molecular flexibility index (Phi) is 3.57. The summed E-state index contributed by atoms with van der Waals surface area (Å²) in [6.45, 7) is 0. The molecule has 0 spiro atoms. The van der Waals surface area contributed by atoms with Crippen LogP contribution in [0.5, 0.6) is 0 Å². The van der Waals surface area contributed by atoms with E-state index in [1.54, 1.807) is 0 Å². The van der Waals surface area contributed by atoms with Gasteiger partial charge in [-0.15, -0.1) is 0 Å². The lowest BCUT2D eigenvalue weighted by Gasteiger charge is -2.36. The van der Waals surface area contributed by atoms with Crippen molar-refractivity contribution in [1.82, 2.24) is 0 Å². The zero-order valence-corrected chi connectivity index (χ0v) is 10.2. The summed E-state index contributed by atoms with van der Waals surface area (Å²) in [5, 5.41) is 9.61. The Labute approximate surface area is 108 Å². The zero-order chi connectivity index (χ0) is 14.3. The molecular weight excluding hydrogens is 262 g/mol. The number of hydrogen-bond acceptors (Lipinski definition) is 2. The minimum atomic E-state index is -4.71. The lowest BCUT2D eigenvalue weighted by Crippen LogP contribution is -2.43. The average Bonchev–Trinajstić information content (AvgIpc) is 2.26. The molecule has 19 heavy (non-hydrogen) atoms. The van der Waals surface area contributed by atoms with Gasteiger partial charge < -0.3 is 10.8 Å². The van der Waals surface area contributed by atoms with Crippen LogP contribution in [0.1, 0.15) is 36.8 Å². The molecule has 2 nitrogen and oxygen atoms in total. The average molecular weight is 277 g/mol. The van der Waals surface area contributed by atoms with Gasteiger partial charge in [0.05, 0.1) is 11.7 Å². The molecule has 6 heteroatoms. The fourth-order valence-electron chi connectivity index (χ4n) is 2.59. The van der Waals surface area contributed by atoms with Crippen LogP contribution >= 0.6 is 0 Å². The van der Waals surface area contributed by atoms with Crippen molar-refractivity contribution in [3.8, 4) is 0 Å². The first kappa shape index (κ1) is 14.3. The lowest BCUT2D eigenvalue weighted by molar-refractivity contribution is -0.140. The van der Waals surface area contributed by atoms with Crippen molar-refractivity contribution < 1.29 is 22.7 Å². The molecule has 0 heterocycles. The largest absolute Gasteiger partial charge is 0.419 e. The van der Waals surface area contributed by atoms with Crippen LogP contribution in [0, 0.1) is 5.82 Å². The van der Waals surface area contributed by atoms with Crippen LogP contribution in [0.15, 0.2) is 18.2 Å². The maximum absolute atomic E-state index is 13.5. The number of rotatable bonds is 1. The van der Waals surface area contributed by atoms with E-state index >= 15 is 0 Å². The van der Waals surface area contributed by atoms with Crippen molar-refractivity contribution in [1.29, 1.82) is 0 Å². The highest BCUT2D eigenvalue weighted by Gasteiger charge is 2.37. The molecule has 2 unspecified atom stereocenters. The van der Waals surface area contributed by atoms with Gasteiger partial charge in [-0.3, -0.25) is 0 Å². The molecule has 1 fully saturated rings. The van der Waals surface area contributed by atoms with E-state index in [-0.39, 0.29) is 6.42 Å². The highest BCUT2D eigenvalue weighted by Crippen LogP contribution is 2.38. The summed E-state index contributed by atoms with van der Waals surface area (Å²) in [7, 11) is 0. The Balaban J connectivity index is 2.34. The zero-order valence-electron chi connectivity index (χ0n) is 10.2. The molecule has 1 aromatic rings. The summed E-state index contributed by atoms with van der Waals surface area (Å²) in [6, 6.07) is 2.74. The molecule has 2 atom stereocenters.